The van der Waals surface area contributed by atoms with Crippen LogP contribution >= 0.6 is 0 Å². The number of carbonyl (C=O) groups excluding carboxylic acids is 2. The Balaban J connectivity index is 4.20. The molecule has 0 aliphatic carbocycles. The van der Waals surface area contributed by atoms with Crippen LogP contribution in [0.15, 0.2) is 0 Å². The van der Waals surface area contributed by atoms with E-state index in [0.29, 0.717) is 0 Å². The van der Waals surface area contributed by atoms with Gasteiger partial charge in [-0.1, -0.05) is 6.92 Å². The van der Waals surface area contributed by atoms with Gasteiger partial charge in [0.15, 0.2) is 5.78 Å². The Morgan fingerprint density at radius 1 is 1.40 bits per heavy atom. The van der Waals surface area contributed by atoms with Crippen LogP contribution in [0.25, 0.3) is 0 Å². The third-order valence-electron chi connectivity index (χ3n) is 1.61. The van der Waals surface area contributed by atoms with E-state index in [1.807, 2.05) is 0 Å². The first-order chi connectivity index (χ1) is 6.80. The normalized spacial score (nSPS) is 13.1. The summed E-state index contributed by atoms with van der Waals surface area (Å²) < 4.78 is 4.95. The second-order valence-electron chi connectivity index (χ2n) is 4.20. The van der Waals surface area contributed by atoms with E-state index in [9.17, 15) is 9.59 Å². The molecule has 5 nitrogen and oxygen atoms in total. The van der Waals surface area contributed by atoms with E-state index >= 15 is 0 Å². The maximum Gasteiger partial charge on any atom is 0.408 e. The Morgan fingerprint density at radius 3 is 2.27 bits per heavy atom. The lowest BCUT2D eigenvalue weighted by Crippen LogP contribution is -2.45. The summed E-state index contributed by atoms with van der Waals surface area (Å²) in [5, 5.41) is 11.2. The van der Waals surface area contributed by atoms with Crippen LogP contribution in [0.5, 0.6) is 0 Å². The highest BCUT2D eigenvalue weighted by Gasteiger charge is 2.22. The van der Waals surface area contributed by atoms with E-state index in [1.165, 1.54) is 0 Å². The molecule has 0 rings (SSSR count). The van der Waals surface area contributed by atoms with E-state index in [4.69, 9.17) is 9.84 Å². The summed E-state index contributed by atoms with van der Waals surface area (Å²) in [6.45, 7) is 6.43. The molecule has 0 aliphatic rings. The predicted molar refractivity (Wildman–Crippen MR) is 55.5 cm³/mol. The number of hydrogen-bond acceptors (Lipinski definition) is 4. The number of hydrogen-bond donors (Lipinski definition) is 2. The fourth-order valence-corrected chi connectivity index (χ4v) is 0.924. The van der Waals surface area contributed by atoms with E-state index in [0.717, 1.165) is 0 Å². The highest BCUT2D eigenvalue weighted by atomic mass is 16.6. The molecular formula is C10H19NO4. The van der Waals surface area contributed by atoms with Gasteiger partial charge in [-0.2, -0.15) is 0 Å². The number of alkyl carbamates (subject to hydrolysis) is 1. The largest absolute Gasteiger partial charge is 0.444 e. The predicted octanol–water partition coefficient (Wildman–Crippen LogP) is 0.851. The minimum atomic E-state index is -0.871. The molecule has 0 bridgehead atoms. The highest BCUT2D eigenvalue weighted by Crippen LogP contribution is 2.06. The van der Waals surface area contributed by atoms with Gasteiger partial charge in [-0.05, 0) is 20.8 Å². The van der Waals surface area contributed by atoms with Gasteiger partial charge in [0.1, 0.15) is 11.6 Å². The number of rotatable bonds is 4. The van der Waals surface area contributed by atoms with Crippen molar-refractivity contribution in [2.75, 3.05) is 6.61 Å². The van der Waals surface area contributed by atoms with Crippen molar-refractivity contribution in [3.8, 4) is 0 Å². The number of amides is 1. The standard InChI is InChI=1S/C10H19NO4/c1-5-8(13)7(6-12)11-9(14)15-10(2,3)4/h7,12H,5-6H2,1-4H3,(H,11,14)/t7-/m0/s1. The van der Waals surface area contributed by atoms with Crippen molar-refractivity contribution in [3.63, 3.8) is 0 Å². The molecule has 88 valence electrons. The van der Waals surface area contributed by atoms with Crippen LogP contribution in [0.2, 0.25) is 0 Å². The Kier molecular flexibility index (Phi) is 5.28. The first-order valence-corrected chi connectivity index (χ1v) is 4.93. The molecule has 0 spiro atoms. The molecule has 2 N–H and O–H groups in total. The fraction of sp³-hybridized carbons (Fsp3) is 0.800. The van der Waals surface area contributed by atoms with Crippen LogP contribution in [0.3, 0.4) is 0 Å². The molecule has 0 saturated carbocycles. The Morgan fingerprint density at radius 2 is 1.93 bits per heavy atom. The maximum absolute atomic E-state index is 11.3. The molecule has 1 amide bonds. The van der Waals surface area contributed by atoms with Crippen LogP contribution in [0.4, 0.5) is 4.79 Å². The first kappa shape index (κ1) is 13.9. The summed E-state index contributed by atoms with van der Waals surface area (Å²) in [6, 6.07) is -0.871. The third kappa shape index (κ3) is 6.06. The third-order valence-corrected chi connectivity index (χ3v) is 1.61. The molecule has 0 saturated heterocycles. The van der Waals surface area contributed by atoms with Crippen molar-refractivity contribution in [2.45, 2.75) is 45.8 Å². The van der Waals surface area contributed by atoms with Crippen molar-refractivity contribution in [3.05, 3.63) is 0 Å². The molecule has 5 heteroatoms. The van der Waals surface area contributed by atoms with Crippen molar-refractivity contribution >= 4 is 11.9 Å². The van der Waals surface area contributed by atoms with Gasteiger partial charge in [0.2, 0.25) is 0 Å². The van der Waals surface area contributed by atoms with Crippen LogP contribution in [-0.4, -0.2) is 35.2 Å². The number of ketones is 1. The molecule has 0 radical (unpaired) electrons. The molecule has 15 heavy (non-hydrogen) atoms. The molecule has 0 aromatic heterocycles. The second kappa shape index (κ2) is 5.70. The molecule has 1 atom stereocenters. The number of aliphatic hydroxyl groups excluding tert-OH is 1. The van der Waals surface area contributed by atoms with Crippen LogP contribution in [0, 0.1) is 0 Å². The summed E-state index contributed by atoms with van der Waals surface area (Å²) in [6.07, 6.45) is -0.426. The number of aliphatic hydroxyl groups is 1. The first-order valence-electron chi connectivity index (χ1n) is 4.93. The summed E-state index contributed by atoms with van der Waals surface area (Å²) in [5.74, 6) is -0.219. The number of nitrogens with one attached hydrogen (secondary N) is 1. The Bertz CT molecular complexity index is 232. The van der Waals surface area contributed by atoms with E-state index < -0.39 is 24.3 Å². The van der Waals surface area contributed by atoms with E-state index in [-0.39, 0.29) is 12.2 Å². The number of Topliss-reactive ketones (excluding diaryl/α,β-unsaturated/α-hetero) is 1. The van der Waals surface area contributed by atoms with Gasteiger partial charge in [0, 0.05) is 6.42 Å². The van der Waals surface area contributed by atoms with Gasteiger partial charge >= 0.3 is 6.09 Å². The summed E-state index contributed by atoms with van der Waals surface area (Å²) in [4.78, 5) is 22.5. The lowest BCUT2D eigenvalue weighted by atomic mass is 10.1. The zero-order chi connectivity index (χ0) is 12.1. The summed E-state index contributed by atoms with van der Waals surface area (Å²) >= 11 is 0. The van der Waals surface area contributed by atoms with Gasteiger partial charge in [-0.15, -0.1) is 0 Å². The van der Waals surface area contributed by atoms with Crippen molar-refractivity contribution in [2.24, 2.45) is 0 Å². The molecule has 0 unspecified atom stereocenters. The number of carbonyl (C=O) groups is 2. The fourth-order valence-electron chi connectivity index (χ4n) is 0.924. The lowest BCUT2D eigenvalue weighted by Gasteiger charge is -2.22. The Hall–Kier alpha value is -1.10. The quantitative estimate of drug-likeness (QED) is 0.732. The van der Waals surface area contributed by atoms with Gasteiger partial charge in [-0.25, -0.2) is 4.79 Å². The molecule has 0 aromatic carbocycles. The maximum atomic E-state index is 11.3. The molecule has 0 aromatic rings. The van der Waals surface area contributed by atoms with Crippen LogP contribution in [-0.2, 0) is 9.53 Å². The van der Waals surface area contributed by atoms with Gasteiger partial charge in [-0.3, -0.25) is 4.79 Å². The van der Waals surface area contributed by atoms with Gasteiger partial charge in [0.05, 0.1) is 6.61 Å². The van der Waals surface area contributed by atoms with Crippen molar-refractivity contribution in [1.29, 1.82) is 0 Å². The monoisotopic (exact) mass is 217 g/mol. The second-order valence-corrected chi connectivity index (χ2v) is 4.20. The minimum Gasteiger partial charge on any atom is -0.444 e. The average Bonchev–Trinajstić information content (AvgIpc) is 2.10. The highest BCUT2D eigenvalue weighted by molar-refractivity contribution is 5.87. The van der Waals surface area contributed by atoms with Gasteiger partial charge in [0.25, 0.3) is 0 Å². The Labute approximate surface area is 89.8 Å². The molecule has 0 fully saturated rings. The summed E-state index contributed by atoms with van der Waals surface area (Å²) in [5.41, 5.74) is -0.612. The smallest absolute Gasteiger partial charge is 0.408 e. The van der Waals surface area contributed by atoms with Crippen molar-refractivity contribution in [1.82, 2.24) is 5.32 Å². The summed E-state index contributed by atoms with van der Waals surface area (Å²) in [7, 11) is 0. The van der Waals surface area contributed by atoms with E-state index in [1.54, 1.807) is 27.7 Å². The van der Waals surface area contributed by atoms with Crippen LogP contribution in [0.1, 0.15) is 34.1 Å². The topological polar surface area (TPSA) is 75.6 Å². The molecule has 0 aliphatic heterocycles. The van der Waals surface area contributed by atoms with Gasteiger partial charge < -0.3 is 15.2 Å². The van der Waals surface area contributed by atoms with Crippen molar-refractivity contribution < 1.29 is 19.4 Å². The minimum absolute atomic E-state index is 0.219. The zero-order valence-electron chi connectivity index (χ0n) is 9.66. The number of ether oxygens (including phenoxy) is 1. The molecule has 0 heterocycles. The lowest BCUT2D eigenvalue weighted by molar-refractivity contribution is -0.121. The average molecular weight is 217 g/mol. The van der Waals surface area contributed by atoms with E-state index in [2.05, 4.69) is 5.32 Å². The molecular weight excluding hydrogens is 198 g/mol. The SMILES string of the molecule is CCC(=O)[C@H](CO)NC(=O)OC(C)(C)C. The van der Waals surface area contributed by atoms with Crippen LogP contribution < -0.4 is 5.32 Å². The zero-order valence-corrected chi connectivity index (χ0v) is 9.66.